The third kappa shape index (κ3) is 5.16. The van der Waals surface area contributed by atoms with Crippen molar-refractivity contribution >= 4 is 16.9 Å². The minimum Gasteiger partial charge on any atom is -0.504 e. The van der Waals surface area contributed by atoms with Crippen molar-refractivity contribution in [3.63, 3.8) is 0 Å². The van der Waals surface area contributed by atoms with Crippen molar-refractivity contribution in [2.45, 2.75) is 37.6 Å². The Kier molecular flexibility index (Phi) is 8.25. The molecule has 2 aromatic carbocycles. The molecule has 5 N–H and O–H groups in total. The van der Waals surface area contributed by atoms with Crippen LogP contribution in [0.2, 0.25) is 0 Å². The molecule has 2 heterocycles. The van der Waals surface area contributed by atoms with Crippen molar-refractivity contribution in [1.82, 2.24) is 0 Å². The van der Waals surface area contributed by atoms with Crippen molar-refractivity contribution < 1.29 is 63.2 Å². The molecule has 40 heavy (non-hydrogen) atoms. The Hall–Kier alpha value is -4.24. The van der Waals surface area contributed by atoms with Crippen LogP contribution < -0.4 is 24.4 Å². The number of carbonyl (C=O) groups excluding carboxylic acids is 1. The van der Waals surface area contributed by atoms with E-state index in [1.165, 1.54) is 39.5 Å². The summed E-state index contributed by atoms with van der Waals surface area (Å²) >= 11 is 0. The Morgan fingerprint density at radius 1 is 0.925 bits per heavy atom. The van der Waals surface area contributed by atoms with Gasteiger partial charge in [0.25, 0.3) is 0 Å². The Morgan fingerprint density at radius 2 is 1.62 bits per heavy atom. The number of phenolic OH excluding ortho intramolecular Hbond substituents is 2. The lowest BCUT2D eigenvalue weighted by Crippen LogP contribution is -2.60. The lowest BCUT2D eigenvalue weighted by atomic mass is 9.99. The number of esters is 1. The Balaban J connectivity index is 1.85. The van der Waals surface area contributed by atoms with Gasteiger partial charge in [0.05, 0.1) is 21.3 Å². The summed E-state index contributed by atoms with van der Waals surface area (Å²) in [5.41, 5.74) is -0.704. The second kappa shape index (κ2) is 11.5. The maximum Gasteiger partial charge on any atom is 0.302 e. The minimum atomic E-state index is -1.85. The average Bonchev–Trinajstić information content (AvgIpc) is 2.92. The summed E-state index contributed by atoms with van der Waals surface area (Å²) in [5, 5.41) is 52.0. The second-order valence-corrected chi connectivity index (χ2v) is 8.75. The highest BCUT2D eigenvalue weighted by atomic mass is 16.7. The SMILES string of the molecule is COc1ccc(-c2cc(=O)c3c(O[C@@H]4O[C@H](COC(C)=O)C(O)[C@H](O)[C@H]4O)c(OC)c(O)c(OC)c3o2)cc1O. The van der Waals surface area contributed by atoms with E-state index < -0.39 is 60.2 Å². The molecule has 1 aromatic heterocycles. The molecule has 0 spiro atoms. The van der Waals surface area contributed by atoms with Gasteiger partial charge < -0.3 is 58.4 Å². The highest BCUT2D eigenvalue weighted by molar-refractivity contribution is 5.95. The average molecular weight is 564 g/mol. The van der Waals surface area contributed by atoms with E-state index in [9.17, 15) is 35.1 Å². The molecule has 0 amide bonds. The number of aliphatic hydroxyl groups is 3. The first-order valence-electron chi connectivity index (χ1n) is 11.8. The molecule has 1 fully saturated rings. The summed E-state index contributed by atoms with van der Waals surface area (Å²) < 4.78 is 37.7. The van der Waals surface area contributed by atoms with E-state index in [0.717, 1.165) is 13.0 Å². The predicted octanol–water partition coefficient (Wildman–Crippen LogP) is 0.646. The predicted molar refractivity (Wildman–Crippen MR) is 135 cm³/mol. The largest absolute Gasteiger partial charge is 0.504 e. The highest BCUT2D eigenvalue weighted by Gasteiger charge is 2.46. The van der Waals surface area contributed by atoms with Gasteiger partial charge in [-0.15, -0.1) is 0 Å². The Morgan fingerprint density at radius 3 is 2.23 bits per heavy atom. The van der Waals surface area contributed by atoms with Gasteiger partial charge in [0, 0.05) is 18.6 Å². The molecule has 1 saturated heterocycles. The maximum absolute atomic E-state index is 13.5. The van der Waals surface area contributed by atoms with Gasteiger partial charge in [0.1, 0.15) is 42.2 Å². The molecule has 4 rings (SSSR count). The van der Waals surface area contributed by atoms with Crippen LogP contribution in [-0.4, -0.2) is 90.1 Å². The van der Waals surface area contributed by atoms with Gasteiger partial charge in [-0.3, -0.25) is 9.59 Å². The van der Waals surface area contributed by atoms with Crippen LogP contribution in [0.4, 0.5) is 0 Å². The molecule has 216 valence electrons. The molecule has 1 aliphatic rings. The van der Waals surface area contributed by atoms with Crippen molar-refractivity contribution in [1.29, 1.82) is 0 Å². The summed E-state index contributed by atoms with van der Waals surface area (Å²) in [5.74, 6) is -2.47. The van der Waals surface area contributed by atoms with Gasteiger partial charge in [-0.25, -0.2) is 0 Å². The van der Waals surface area contributed by atoms with E-state index in [4.69, 9.17) is 32.8 Å². The summed E-state index contributed by atoms with van der Waals surface area (Å²) in [7, 11) is 3.76. The minimum absolute atomic E-state index is 0.0155. The normalized spacial score (nSPS) is 22.5. The van der Waals surface area contributed by atoms with Crippen molar-refractivity contribution in [3.05, 3.63) is 34.5 Å². The van der Waals surface area contributed by atoms with Crippen LogP contribution >= 0.6 is 0 Å². The number of methoxy groups -OCH3 is 3. The van der Waals surface area contributed by atoms with Gasteiger partial charge in [0.2, 0.25) is 23.5 Å². The molecule has 14 heteroatoms. The number of benzene rings is 2. The summed E-state index contributed by atoms with van der Waals surface area (Å²) in [6.07, 6.45) is -8.34. The molecule has 1 aliphatic heterocycles. The van der Waals surface area contributed by atoms with Gasteiger partial charge >= 0.3 is 5.97 Å². The van der Waals surface area contributed by atoms with Crippen molar-refractivity contribution in [3.8, 4) is 45.8 Å². The number of aliphatic hydroxyl groups excluding tert-OH is 3. The Bertz CT molecular complexity index is 1460. The van der Waals surface area contributed by atoms with Crippen LogP contribution in [0.3, 0.4) is 0 Å². The highest BCUT2D eigenvalue weighted by Crippen LogP contribution is 2.50. The van der Waals surface area contributed by atoms with Crippen molar-refractivity contribution in [2.75, 3.05) is 27.9 Å². The molecule has 0 aliphatic carbocycles. The lowest BCUT2D eigenvalue weighted by molar-refractivity contribution is -0.278. The van der Waals surface area contributed by atoms with E-state index >= 15 is 0 Å². The first-order chi connectivity index (χ1) is 19.0. The quantitative estimate of drug-likeness (QED) is 0.238. The number of fused-ring (bicyclic) bond motifs is 1. The molecular weight excluding hydrogens is 536 g/mol. The van der Waals surface area contributed by atoms with Crippen LogP contribution in [0, 0.1) is 0 Å². The van der Waals surface area contributed by atoms with Crippen LogP contribution in [0.5, 0.6) is 34.5 Å². The fraction of sp³-hybridized carbons (Fsp3) is 0.385. The van der Waals surface area contributed by atoms with E-state index in [-0.39, 0.29) is 45.3 Å². The number of ether oxygens (including phenoxy) is 6. The summed E-state index contributed by atoms with van der Waals surface area (Å²) in [6.45, 7) is 0.651. The third-order valence-corrected chi connectivity index (χ3v) is 6.24. The molecule has 5 atom stereocenters. The zero-order chi connectivity index (χ0) is 29.3. The number of hydrogen-bond donors (Lipinski definition) is 5. The molecule has 0 saturated carbocycles. The molecule has 0 bridgehead atoms. The molecule has 0 radical (unpaired) electrons. The van der Waals surface area contributed by atoms with Gasteiger partial charge in [-0.2, -0.15) is 0 Å². The van der Waals surface area contributed by atoms with Crippen LogP contribution in [0.25, 0.3) is 22.3 Å². The zero-order valence-corrected chi connectivity index (χ0v) is 21.8. The summed E-state index contributed by atoms with van der Waals surface area (Å²) in [6, 6.07) is 5.38. The number of rotatable bonds is 8. The number of carbonyl (C=O) groups is 1. The van der Waals surface area contributed by atoms with Crippen LogP contribution in [0.1, 0.15) is 6.92 Å². The third-order valence-electron chi connectivity index (χ3n) is 6.24. The number of aromatic hydroxyl groups is 2. The van der Waals surface area contributed by atoms with E-state index in [1.807, 2.05) is 0 Å². The van der Waals surface area contributed by atoms with E-state index in [1.54, 1.807) is 0 Å². The molecular formula is C26H28O14. The fourth-order valence-corrected chi connectivity index (χ4v) is 4.24. The maximum atomic E-state index is 13.5. The number of hydrogen-bond acceptors (Lipinski definition) is 14. The monoisotopic (exact) mass is 564 g/mol. The van der Waals surface area contributed by atoms with Crippen molar-refractivity contribution in [2.24, 2.45) is 0 Å². The topological polar surface area (TPSA) is 204 Å². The first kappa shape index (κ1) is 28.8. The lowest BCUT2D eigenvalue weighted by Gasteiger charge is -2.40. The standard InChI is InChI=1S/C26H28O14/c1-10(27)37-9-16-18(30)19(31)20(32)26(39-16)40-23-17-13(29)8-15(11-5-6-14(34-2)12(28)7-11)38-22(17)24(35-3)21(33)25(23)36-4/h5-8,16,18-20,26,28,30-33H,9H2,1-4H3/t16-,18?,19+,20-,26+/m1/s1. The van der Waals surface area contributed by atoms with Crippen LogP contribution in [-0.2, 0) is 14.3 Å². The molecule has 3 aromatic rings. The van der Waals surface area contributed by atoms with E-state index in [2.05, 4.69) is 0 Å². The first-order valence-corrected chi connectivity index (χ1v) is 11.8. The van der Waals surface area contributed by atoms with E-state index in [0.29, 0.717) is 0 Å². The molecule has 14 nitrogen and oxygen atoms in total. The second-order valence-electron chi connectivity index (χ2n) is 8.75. The fourth-order valence-electron chi connectivity index (χ4n) is 4.24. The summed E-state index contributed by atoms with van der Waals surface area (Å²) in [4.78, 5) is 24.7. The molecule has 1 unspecified atom stereocenters. The van der Waals surface area contributed by atoms with Gasteiger partial charge in [0.15, 0.2) is 28.3 Å². The van der Waals surface area contributed by atoms with Crippen LogP contribution in [0.15, 0.2) is 33.5 Å². The number of phenols is 2. The van der Waals surface area contributed by atoms with Gasteiger partial charge in [-0.1, -0.05) is 0 Å². The zero-order valence-electron chi connectivity index (χ0n) is 21.8. The van der Waals surface area contributed by atoms with Gasteiger partial charge in [-0.05, 0) is 18.2 Å². The Labute approximate surface area is 226 Å². The smallest absolute Gasteiger partial charge is 0.302 e.